The summed E-state index contributed by atoms with van der Waals surface area (Å²) < 4.78 is 6.12. The van der Waals surface area contributed by atoms with Gasteiger partial charge in [0.25, 0.3) is 0 Å². The van der Waals surface area contributed by atoms with Crippen molar-refractivity contribution in [2.75, 3.05) is 25.1 Å². The zero-order valence-electron chi connectivity index (χ0n) is 8.02. The SMILES string of the molecule is CCOCCNc1cccc(Cl)c1Br. The van der Waals surface area contributed by atoms with Crippen LogP contribution >= 0.6 is 27.5 Å². The van der Waals surface area contributed by atoms with E-state index in [0.717, 1.165) is 23.3 Å². The number of anilines is 1. The Morgan fingerprint density at radius 3 is 3.00 bits per heavy atom. The Labute approximate surface area is 97.7 Å². The van der Waals surface area contributed by atoms with Crippen LogP contribution in [0, 0.1) is 0 Å². The molecule has 2 nitrogen and oxygen atoms in total. The highest BCUT2D eigenvalue weighted by Crippen LogP contribution is 2.29. The van der Waals surface area contributed by atoms with Crippen LogP contribution in [-0.2, 0) is 4.74 Å². The highest BCUT2D eigenvalue weighted by Gasteiger charge is 2.01. The highest BCUT2D eigenvalue weighted by atomic mass is 79.9. The normalized spacial score (nSPS) is 10.2. The van der Waals surface area contributed by atoms with Crippen LogP contribution in [0.25, 0.3) is 0 Å². The Morgan fingerprint density at radius 2 is 2.29 bits per heavy atom. The van der Waals surface area contributed by atoms with Crippen molar-refractivity contribution < 1.29 is 4.74 Å². The van der Waals surface area contributed by atoms with Crippen LogP contribution in [0.3, 0.4) is 0 Å². The molecule has 0 aliphatic carbocycles. The highest BCUT2D eigenvalue weighted by molar-refractivity contribution is 9.10. The molecule has 0 aliphatic heterocycles. The summed E-state index contributed by atoms with van der Waals surface area (Å²) in [5, 5.41) is 3.95. The Balaban J connectivity index is 2.46. The summed E-state index contributed by atoms with van der Waals surface area (Å²) in [5.41, 5.74) is 0.997. The molecular formula is C10H13BrClNO. The molecule has 0 saturated carbocycles. The lowest BCUT2D eigenvalue weighted by atomic mass is 10.3. The van der Waals surface area contributed by atoms with Crippen molar-refractivity contribution in [3.63, 3.8) is 0 Å². The summed E-state index contributed by atoms with van der Waals surface area (Å²) >= 11 is 9.35. The van der Waals surface area contributed by atoms with E-state index in [1.165, 1.54) is 0 Å². The second-order valence-electron chi connectivity index (χ2n) is 2.73. The third-order valence-electron chi connectivity index (χ3n) is 1.72. The van der Waals surface area contributed by atoms with Gasteiger partial charge in [-0.1, -0.05) is 17.7 Å². The molecule has 0 radical (unpaired) electrons. The number of hydrogen-bond acceptors (Lipinski definition) is 2. The van der Waals surface area contributed by atoms with E-state index < -0.39 is 0 Å². The molecule has 14 heavy (non-hydrogen) atoms. The molecular weight excluding hydrogens is 265 g/mol. The minimum Gasteiger partial charge on any atom is -0.382 e. The first-order valence-corrected chi connectivity index (χ1v) is 5.68. The summed E-state index contributed by atoms with van der Waals surface area (Å²) in [6.07, 6.45) is 0. The van der Waals surface area contributed by atoms with Crippen molar-refractivity contribution in [1.82, 2.24) is 0 Å². The Bertz CT molecular complexity index is 293. The van der Waals surface area contributed by atoms with E-state index in [1.54, 1.807) is 0 Å². The standard InChI is InChI=1S/C10H13BrClNO/c1-2-14-7-6-13-9-5-3-4-8(12)10(9)11/h3-5,13H,2,6-7H2,1H3. The van der Waals surface area contributed by atoms with Gasteiger partial charge in [-0.3, -0.25) is 0 Å². The molecule has 0 amide bonds. The van der Waals surface area contributed by atoms with E-state index in [2.05, 4.69) is 21.2 Å². The van der Waals surface area contributed by atoms with E-state index in [0.29, 0.717) is 11.6 Å². The lowest BCUT2D eigenvalue weighted by Crippen LogP contribution is -2.09. The maximum Gasteiger partial charge on any atom is 0.0638 e. The first kappa shape index (κ1) is 11.8. The predicted octanol–water partition coefficient (Wildman–Crippen LogP) is 3.55. The fourth-order valence-corrected chi connectivity index (χ4v) is 1.62. The maximum atomic E-state index is 5.94. The molecule has 0 aliphatic rings. The van der Waals surface area contributed by atoms with Crippen LogP contribution in [-0.4, -0.2) is 19.8 Å². The number of halogens is 2. The van der Waals surface area contributed by atoms with Gasteiger partial charge in [0.1, 0.15) is 0 Å². The molecule has 78 valence electrons. The first-order valence-electron chi connectivity index (χ1n) is 4.51. The number of ether oxygens (including phenoxy) is 1. The largest absolute Gasteiger partial charge is 0.382 e. The van der Waals surface area contributed by atoms with Gasteiger partial charge in [0, 0.05) is 13.2 Å². The molecule has 0 heterocycles. The summed E-state index contributed by atoms with van der Waals surface area (Å²) in [6.45, 7) is 4.22. The molecule has 1 rings (SSSR count). The fraction of sp³-hybridized carbons (Fsp3) is 0.400. The Hall–Kier alpha value is -0.250. The van der Waals surface area contributed by atoms with Gasteiger partial charge in [0.2, 0.25) is 0 Å². The van der Waals surface area contributed by atoms with Gasteiger partial charge in [-0.05, 0) is 35.0 Å². The van der Waals surface area contributed by atoms with Crippen LogP contribution in [0.15, 0.2) is 22.7 Å². The van der Waals surface area contributed by atoms with Crippen LogP contribution in [0.2, 0.25) is 5.02 Å². The number of nitrogens with one attached hydrogen (secondary N) is 1. The molecule has 0 spiro atoms. The van der Waals surface area contributed by atoms with Crippen LogP contribution in [0.4, 0.5) is 5.69 Å². The third-order valence-corrected chi connectivity index (χ3v) is 3.12. The van der Waals surface area contributed by atoms with Gasteiger partial charge < -0.3 is 10.1 Å². The lowest BCUT2D eigenvalue weighted by molar-refractivity contribution is 0.158. The van der Waals surface area contributed by atoms with Gasteiger partial charge in [-0.2, -0.15) is 0 Å². The zero-order valence-corrected chi connectivity index (χ0v) is 10.4. The molecule has 0 bridgehead atoms. The van der Waals surface area contributed by atoms with Crippen LogP contribution in [0.5, 0.6) is 0 Å². The average molecular weight is 279 g/mol. The van der Waals surface area contributed by atoms with E-state index in [1.807, 2.05) is 25.1 Å². The van der Waals surface area contributed by atoms with Crippen LogP contribution in [0.1, 0.15) is 6.92 Å². The first-order chi connectivity index (χ1) is 6.75. The van der Waals surface area contributed by atoms with Crippen molar-refractivity contribution >= 4 is 33.2 Å². The van der Waals surface area contributed by atoms with Gasteiger partial charge in [-0.15, -0.1) is 0 Å². The average Bonchev–Trinajstić information content (AvgIpc) is 2.19. The monoisotopic (exact) mass is 277 g/mol. The topological polar surface area (TPSA) is 21.3 Å². The van der Waals surface area contributed by atoms with Gasteiger partial charge >= 0.3 is 0 Å². The summed E-state index contributed by atoms with van der Waals surface area (Å²) in [6, 6.07) is 5.73. The summed E-state index contributed by atoms with van der Waals surface area (Å²) in [7, 11) is 0. The molecule has 0 unspecified atom stereocenters. The van der Waals surface area contributed by atoms with Gasteiger partial charge in [-0.25, -0.2) is 0 Å². The van der Waals surface area contributed by atoms with E-state index in [4.69, 9.17) is 16.3 Å². The molecule has 1 aromatic rings. The number of rotatable bonds is 5. The Morgan fingerprint density at radius 1 is 1.50 bits per heavy atom. The second-order valence-corrected chi connectivity index (χ2v) is 3.93. The van der Waals surface area contributed by atoms with Crippen molar-refractivity contribution in [2.45, 2.75) is 6.92 Å². The van der Waals surface area contributed by atoms with Gasteiger partial charge in [0.15, 0.2) is 0 Å². The molecule has 4 heteroatoms. The quantitative estimate of drug-likeness (QED) is 0.832. The maximum absolute atomic E-state index is 5.94. The predicted molar refractivity (Wildman–Crippen MR) is 64.1 cm³/mol. The fourth-order valence-electron chi connectivity index (χ4n) is 1.04. The van der Waals surface area contributed by atoms with E-state index in [-0.39, 0.29) is 0 Å². The molecule has 0 aromatic heterocycles. The molecule has 0 saturated heterocycles. The molecule has 0 fully saturated rings. The van der Waals surface area contributed by atoms with Crippen molar-refractivity contribution in [3.05, 3.63) is 27.7 Å². The summed E-state index contributed by atoms with van der Waals surface area (Å²) in [4.78, 5) is 0. The van der Waals surface area contributed by atoms with Crippen molar-refractivity contribution in [3.8, 4) is 0 Å². The van der Waals surface area contributed by atoms with Crippen molar-refractivity contribution in [1.29, 1.82) is 0 Å². The van der Waals surface area contributed by atoms with E-state index in [9.17, 15) is 0 Å². The van der Waals surface area contributed by atoms with Gasteiger partial charge in [0.05, 0.1) is 21.8 Å². The van der Waals surface area contributed by atoms with Crippen molar-refractivity contribution in [2.24, 2.45) is 0 Å². The smallest absolute Gasteiger partial charge is 0.0638 e. The third kappa shape index (κ3) is 3.48. The van der Waals surface area contributed by atoms with Crippen LogP contribution < -0.4 is 5.32 Å². The zero-order chi connectivity index (χ0) is 10.4. The molecule has 1 N–H and O–H groups in total. The Kier molecular flexibility index (Phi) is 5.30. The molecule has 0 atom stereocenters. The minimum atomic E-state index is 0.704. The number of benzene rings is 1. The summed E-state index contributed by atoms with van der Waals surface area (Å²) in [5.74, 6) is 0. The molecule has 1 aromatic carbocycles. The van der Waals surface area contributed by atoms with E-state index >= 15 is 0 Å². The minimum absolute atomic E-state index is 0.704. The second kappa shape index (κ2) is 6.27. The number of hydrogen-bond donors (Lipinski definition) is 1. The lowest BCUT2D eigenvalue weighted by Gasteiger charge is -2.09.